The van der Waals surface area contributed by atoms with Gasteiger partial charge in [-0.05, 0) is 0 Å². The van der Waals surface area contributed by atoms with Gasteiger partial charge in [-0.2, -0.15) is 0 Å². The molecule has 0 rings (SSSR count). The van der Waals surface area contributed by atoms with Gasteiger partial charge in [-0.15, -0.1) is 6.58 Å². The zero-order chi connectivity index (χ0) is 8.15. The minimum atomic E-state index is -0.470. The molecule has 0 saturated carbocycles. The normalized spacial score (nSPS) is 19.6. The van der Waals surface area contributed by atoms with Crippen LogP contribution in [0.15, 0.2) is 12.7 Å². The Morgan fingerprint density at radius 2 is 2.00 bits per heavy atom. The third kappa shape index (κ3) is 2.50. The zero-order valence-electron chi connectivity index (χ0n) is 6.62. The fourth-order valence-electron chi connectivity index (χ4n) is 0.766. The first kappa shape index (κ1) is 9.66. The highest BCUT2D eigenvalue weighted by Gasteiger charge is 2.17. The molecular formula is C8H16O2. The summed E-state index contributed by atoms with van der Waals surface area (Å²) in [6.07, 6.45) is 1.22. The first-order valence-electron chi connectivity index (χ1n) is 3.55. The van der Waals surface area contributed by atoms with Crippen LogP contribution in [0.2, 0.25) is 0 Å². The van der Waals surface area contributed by atoms with E-state index in [0.29, 0.717) is 0 Å². The molecule has 2 heteroatoms. The number of hydrogen-bond donors (Lipinski definition) is 2. The van der Waals surface area contributed by atoms with E-state index >= 15 is 0 Å². The van der Waals surface area contributed by atoms with Gasteiger partial charge in [0.25, 0.3) is 0 Å². The Morgan fingerprint density at radius 3 is 2.30 bits per heavy atom. The summed E-state index contributed by atoms with van der Waals surface area (Å²) < 4.78 is 0. The molecule has 0 aliphatic heterocycles. The molecule has 3 atom stereocenters. The van der Waals surface area contributed by atoms with Crippen molar-refractivity contribution < 1.29 is 10.2 Å². The molecule has 2 nitrogen and oxygen atoms in total. The highest BCUT2D eigenvalue weighted by atomic mass is 16.3. The third-order valence-electron chi connectivity index (χ3n) is 1.78. The van der Waals surface area contributed by atoms with Gasteiger partial charge in [0.05, 0.1) is 6.10 Å². The predicted octanol–water partition coefficient (Wildman–Crippen LogP) is 0.798. The number of aliphatic hydroxyl groups excluding tert-OH is 2. The lowest BCUT2D eigenvalue weighted by atomic mass is 9.94. The van der Waals surface area contributed by atoms with Crippen LogP contribution in [-0.4, -0.2) is 22.9 Å². The molecule has 0 saturated heterocycles. The van der Waals surface area contributed by atoms with E-state index in [2.05, 4.69) is 6.58 Å². The van der Waals surface area contributed by atoms with Gasteiger partial charge in [0, 0.05) is 18.4 Å². The Balaban J connectivity index is 3.80. The molecule has 2 N–H and O–H groups in total. The molecule has 0 radical (unpaired) electrons. The van der Waals surface area contributed by atoms with Gasteiger partial charge in [0.2, 0.25) is 0 Å². The van der Waals surface area contributed by atoms with Gasteiger partial charge < -0.3 is 10.2 Å². The van der Waals surface area contributed by atoms with Gasteiger partial charge in [0.15, 0.2) is 0 Å². The molecule has 0 amide bonds. The molecule has 0 unspecified atom stereocenters. The molecule has 0 aromatic heterocycles. The van der Waals surface area contributed by atoms with E-state index in [4.69, 9.17) is 5.11 Å². The van der Waals surface area contributed by atoms with Crippen LogP contribution in [0, 0.1) is 11.8 Å². The first-order valence-corrected chi connectivity index (χ1v) is 3.55. The Kier molecular flexibility index (Phi) is 4.32. The lowest BCUT2D eigenvalue weighted by Crippen LogP contribution is -2.26. The van der Waals surface area contributed by atoms with Crippen molar-refractivity contribution in [1.82, 2.24) is 0 Å². The van der Waals surface area contributed by atoms with Crippen molar-refractivity contribution in [2.45, 2.75) is 20.0 Å². The van der Waals surface area contributed by atoms with Gasteiger partial charge in [-0.1, -0.05) is 19.9 Å². The van der Waals surface area contributed by atoms with Crippen LogP contribution in [0.5, 0.6) is 0 Å². The molecule has 10 heavy (non-hydrogen) atoms. The second kappa shape index (κ2) is 4.47. The molecule has 0 spiro atoms. The minimum Gasteiger partial charge on any atom is -0.396 e. The predicted molar refractivity (Wildman–Crippen MR) is 41.6 cm³/mol. The summed E-state index contributed by atoms with van der Waals surface area (Å²) in [4.78, 5) is 0. The van der Waals surface area contributed by atoms with E-state index in [1.54, 1.807) is 6.08 Å². The average molecular weight is 144 g/mol. The molecule has 0 aromatic carbocycles. The summed E-state index contributed by atoms with van der Waals surface area (Å²) >= 11 is 0. The summed E-state index contributed by atoms with van der Waals surface area (Å²) in [5.74, 6) is -0.00449. The van der Waals surface area contributed by atoms with Gasteiger partial charge >= 0.3 is 0 Å². The van der Waals surface area contributed by atoms with Gasteiger partial charge in [0.1, 0.15) is 0 Å². The Bertz CT molecular complexity index is 101. The van der Waals surface area contributed by atoms with Crippen molar-refractivity contribution >= 4 is 0 Å². The smallest absolute Gasteiger partial charge is 0.0647 e. The summed E-state index contributed by atoms with van der Waals surface area (Å²) in [7, 11) is 0. The van der Waals surface area contributed by atoms with Crippen LogP contribution >= 0.6 is 0 Å². The van der Waals surface area contributed by atoms with Crippen molar-refractivity contribution in [3.8, 4) is 0 Å². The molecule has 0 bridgehead atoms. The Morgan fingerprint density at radius 1 is 1.50 bits per heavy atom. The molecule has 0 heterocycles. The molecule has 0 fully saturated rings. The second-order valence-electron chi connectivity index (χ2n) is 2.75. The van der Waals surface area contributed by atoms with Crippen LogP contribution in [0.4, 0.5) is 0 Å². The van der Waals surface area contributed by atoms with E-state index in [1.807, 2.05) is 13.8 Å². The molecular weight excluding hydrogens is 128 g/mol. The maximum absolute atomic E-state index is 9.35. The van der Waals surface area contributed by atoms with E-state index in [-0.39, 0.29) is 18.4 Å². The van der Waals surface area contributed by atoms with Crippen LogP contribution in [0.25, 0.3) is 0 Å². The monoisotopic (exact) mass is 144 g/mol. The van der Waals surface area contributed by atoms with Crippen LogP contribution in [0.3, 0.4) is 0 Å². The van der Waals surface area contributed by atoms with Crippen molar-refractivity contribution in [2.24, 2.45) is 11.8 Å². The van der Waals surface area contributed by atoms with E-state index in [9.17, 15) is 5.11 Å². The van der Waals surface area contributed by atoms with Crippen molar-refractivity contribution in [1.29, 1.82) is 0 Å². The standard InChI is InChI=1S/C8H16O2/c1-4-6(2)8(10)7(3)5-9/h4,6-10H,1,5H2,2-3H3/t6-,7-,8+/m0/s1. The number of rotatable bonds is 4. The molecule has 0 aliphatic carbocycles. The fourth-order valence-corrected chi connectivity index (χ4v) is 0.766. The van der Waals surface area contributed by atoms with Gasteiger partial charge in [-0.3, -0.25) is 0 Å². The summed E-state index contributed by atoms with van der Waals surface area (Å²) in [5.41, 5.74) is 0. The summed E-state index contributed by atoms with van der Waals surface area (Å²) in [5, 5.41) is 18.0. The van der Waals surface area contributed by atoms with E-state index in [0.717, 1.165) is 0 Å². The third-order valence-corrected chi connectivity index (χ3v) is 1.78. The minimum absolute atomic E-state index is 0.0271. The quantitative estimate of drug-likeness (QED) is 0.573. The van der Waals surface area contributed by atoms with Crippen molar-refractivity contribution in [2.75, 3.05) is 6.61 Å². The second-order valence-corrected chi connectivity index (χ2v) is 2.75. The van der Waals surface area contributed by atoms with Gasteiger partial charge in [-0.25, -0.2) is 0 Å². The number of hydrogen-bond acceptors (Lipinski definition) is 2. The first-order chi connectivity index (χ1) is 4.63. The lowest BCUT2D eigenvalue weighted by Gasteiger charge is -2.20. The molecule has 0 aromatic rings. The SMILES string of the molecule is C=C[C@H](C)[C@@H](O)[C@@H](C)CO. The zero-order valence-corrected chi connectivity index (χ0v) is 6.62. The Labute approximate surface area is 62.2 Å². The van der Waals surface area contributed by atoms with E-state index < -0.39 is 6.10 Å². The maximum Gasteiger partial charge on any atom is 0.0647 e. The highest BCUT2D eigenvalue weighted by molar-refractivity contribution is 4.83. The van der Waals surface area contributed by atoms with Crippen molar-refractivity contribution in [3.63, 3.8) is 0 Å². The van der Waals surface area contributed by atoms with Crippen molar-refractivity contribution in [3.05, 3.63) is 12.7 Å². The molecule has 60 valence electrons. The van der Waals surface area contributed by atoms with Crippen LogP contribution in [0.1, 0.15) is 13.8 Å². The summed E-state index contributed by atoms with van der Waals surface area (Å²) in [6, 6.07) is 0. The maximum atomic E-state index is 9.35. The average Bonchev–Trinajstić information content (AvgIpc) is 2.00. The molecule has 0 aliphatic rings. The van der Waals surface area contributed by atoms with Crippen LogP contribution < -0.4 is 0 Å². The van der Waals surface area contributed by atoms with Crippen LogP contribution in [-0.2, 0) is 0 Å². The fraction of sp³-hybridized carbons (Fsp3) is 0.750. The topological polar surface area (TPSA) is 40.5 Å². The summed E-state index contributed by atoms with van der Waals surface area (Å²) in [6.45, 7) is 7.27. The Hall–Kier alpha value is -0.340. The largest absolute Gasteiger partial charge is 0.396 e. The van der Waals surface area contributed by atoms with E-state index in [1.165, 1.54) is 0 Å². The highest BCUT2D eigenvalue weighted by Crippen LogP contribution is 2.12. The number of aliphatic hydroxyl groups is 2. The lowest BCUT2D eigenvalue weighted by molar-refractivity contribution is 0.0514.